The van der Waals surface area contributed by atoms with E-state index in [1.165, 1.54) is 54.8 Å². The topological polar surface area (TPSA) is 639 Å². The number of aromatic nitrogens is 1. The van der Waals surface area contributed by atoms with Crippen molar-refractivity contribution >= 4 is 153 Å². The monoisotopic (exact) mass is 1750 g/mol. The molecule has 5 aromatic rings. The maximum atomic E-state index is 15.6. The van der Waals surface area contributed by atoms with Gasteiger partial charge in [0, 0.05) is 72.7 Å². The zero-order valence-corrected chi connectivity index (χ0v) is 72.2. The Morgan fingerprint density at radius 3 is 1.46 bits per heavy atom. The number of hydrogen-bond acceptors (Lipinski definition) is 22. The molecule has 0 fully saturated rings. The van der Waals surface area contributed by atoms with Gasteiger partial charge in [0.15, 0.2) is 0 Å². The predicted octanol–water partition coefficient (Wildman–Crippen LogP) is -2.89. The molecule has 0 saturated carbocycles. The Bertz CT molecular complexity index is 4680. The van der Waals surface area contributed by atoms with Crippen molar-refractivity contribution in [3.05, 3.63) is 114 Å². The van der Waals surface area contributed by atoms with Gasteiger partial charge in [-0.1, -0.05) is 86.6 Å². The molecule has 0 aliphatic carbocycles. The Morgan fingerprint density at radius 1 is 0.455 bits per heavy atom. The lowest BCUT2D eigenvalue weighted by atomic mass is 9.88. The third kappa shape index (κ3) is 32.8. The molecule has 39 nitrogen and oxygen atoms in total. The molecule has 670 valence electrons. The minimum Gasteiger partial charge on any atom is -0.497 e. The average molecular weight is 1750 g/mol. The highest BCUT2D eigenvalue weighted by Gasteiger charge is 2.44. The number of H-pyrrole nitrogens is 1. The van der Waals surface area contributed by atoms with Gasteiger partial charge in [0.25, 0.3) is 0 Å². The lowest BCUT2D eigenvalue weighted by Gasteiger charge is -2.35. The van der Waals surface area contributed by atoms with Crippen molar-refractivity contribution in [3.8, 4) is 5.75 Å². The molecule has 1 aromatic heterocycles. The van der Waals surface area contributed by atoms with Crippen LogP contribution in [0.2, 0.25) is 0 Å². The molecule has 0 spiro atoms. The third-order valence-corrected chi connectivity index (χ3v) is 20.1. The second-order valence-corrected chi connectivity index (χ2v) is 34.2. The van der Waals surface area contributed by atoms with Gasteiger partial charge < -0.3 is 113 Å². The van der Waals surface area contributed by atoms with Crippen molar-refractivity contribution < 1.29 is 96.1 Å². The molecule has 1 heterocycles. The van der Waals surface area contributed by atoms with E-state index >= 15 is 28.8 Å². The zero-order chi connectivity index (χ0) is 92.1. The SMILES string of the molecule is COc1ccc(C[C@H](NC(=O)[C@@H](NC(=O)[C@H](CCC(N)=O)NC(=O)[C@H](Cc2c[nH]c3ccccc23)NC(=O)[C@@H](NC(=O)[C@H](CC(N)=O)NC(=O)[C@@H](NC(C)=O)C(C)(C)S)[C@@H](C)O)C(C)(C)S)C(=O)N[C@@H](Cc2ccc3ccccc3c2)C(=O)N[C@@](C)(CC(C)C)C(=O)N[C@@H](CCCCNC(C)=O)C(=O)N[C@@H](CC(N)=O)C(=O)N[C@@H](CC(N)=O)C(N)=O)cc1. The molecule has 25 N–H and O–H groups in total. The number of rotatable bonds is 50. The lowest BCUT2D eigenvalue weighted by Crippen LogP contribution is -2.65. The smallest absolute Gasteiger partial charge is 0.246 e. The number of nitrogens with one attached hydrogen (secondary N) is 14. The predicted molar refractivity (Wildman–Crippen MR) is 459 cm³/mol. The summed E-state index contributed by atoms with van der Waals surface area (Å²) in [7, 11) is 1.42. The van der Waals surface area contributed by atoms with Gasteiger partial charge in [0.2, 0.25) is 106 Å². The number of thiol groups is 2. The molecule has 13 atom stereocenters. The minimum absolute atomic E-state index is 0.124. The Hall–Kier alpha value is -12.4. The van der Waals surface area contributed by atoms with E-state index in [0.29, 0.717) is 33.3 Å². The van der Waals surface area contributed by atoms with Gasteiger partial charge in [-0.15, -0.1) is 0 Å². The van der Waals surface area contributed by atoms with Crippen LogP contribution in [0, 0.1) is 5.92 Å². The van der Waals surface area contributed by atoms with Crippen molar-refractivity contribution in [2.75, 3.05) is 13.7 Å². The van der Waals surface area contributed by atoms with Crippen LogP contribution in [0.15, 0.2) is 97.2 Å². The van der Waals surface area contributed by atoms with E-state index in [1.807, 2.05) is 18.2 Å². The highest BCUT2D eigenvalue weighted by atomic mass is 32.1. The van der Waals surface area contributed by atoms with Crippen LogP contribution < -0.4 is 103 Å². The second kappa shape index (κ2) is 46.6. The maximum Gasteiger partial charge on any atom is 0.246 e. The van der Waals surface area contributed by atoms with Crippen LogP contribution >= 0.6 is 25.3 Å². The molecule has 18 amide bonds. The molecule has 0 aliphatic heterocycles. The number of unbranched alkanes of at least 4 members (excludes halogenated alkanes) is 1. The number of amides is 18. The van der Waals surface area contributed by atoms with Crippen LogP contribution in [0.1, 0.15) is 144 Å². The number of para-hydroxylation sites is 1. The van der Waals surface area contributed by atoms with E-state index < -0.39 is 226 Å². The number of aliphatic hydroxyl groups is 1. The maximum absolute atomic E-state index is 15.6. The van der Waals surface area contributed by atoms with E-state index in [0.717, 1.165) is 24.6 Å². The van der Waals surface area contributed by atoms with Crippen LogP contribution in [-0.4, -0.2) is 218 Å². The Labute approximate surface area is 721 Å². The summed E-state index contributed by atoms with van der Waals surface area (Å²) in [5.41, 5.74) is 27.2. The van der Waals surface area contributed by atoms with Gasteiger partial charge in [0.05, 0.1) is 32.5 Å². The number of ether oxygens (including phenoxy) is 1. The first kappa shape index (κ1) is 101. The largest absolute Gasteiger partial charge is 0.497 e. The zero-order valence-electron chi connectivity index (χ0n) is 70.4. The Morgan fingerprint density at radius 2 is 0.911 bits per heavy atom. The summed E-state index contributed by atoms with van der Waals surface area (Å²) in [5.74, 6) is -18.5. The number of carbonyl (C=O) groups is 18. The van der Waals surface area contributed by atoms with Gasteiger partial charge in [-0.2, -0.15) is 25.3 Å². The summed E-state index contributed by atoms with van der Waals surface area (Å²) in [6, 6.07) is 6.60. The molecule has 0 bridgehead atoms. The standard InChI is InChI=1S/C82H115N19O20S2/c1-41(2)39-82(10,79(120)98-53(22-16-17-31-88-43(4)103)69(110)94-59(37-63(85)107)73(114)92-55(68(87)109)36-62(84)106)101-75(116)57(34-46-23-26-47-18-12-13-19-48(47)32-46)93-71(112)56(33-45-24-27-50(121-11)28-25-45)96-78(119)67(81(8,9)123)100-70(111)54(29-30-61(83)105)91-72(113)58(35-49-40-89-52-21-15-14-20-51(49)52)95-76(117)65(42(3)102)99-74(115)60(38-64(86)108)97-77(118)66(80(6,7)122)90-44(5)104/h12-15,18-21,23-28,32,40-42,53-60,65-67,89,102,122-123H,16-17,22,29-31,33-39H2,1-11H3,(H2,83,105)(H2,84,106)(H2,85,107)(H2,86,108)(H2,87,109)(H,88,103)(H,90,104)(H,91,113)(H,92,114)(H,93,112)(H,94,110)(H,95,117)(H,96,119)(H,97,118)(H,98,120)(H,99,115)(H,100,111)(H,101,116)/t42-,53+,54+,55+,56+,57+,58+,59+,60+,65+,66-,67-,82+/m1/s1. The summed E-state index contributed by atoms with van der Waals surface area (Å²) in [6.45, 7) is 14.3. The normalized spacial score (nSPS) is 14.9. The molecular weight excluding hydrogens is 1640 g/mol. The summed E-state index contributed by atoms with van der Waals surface area (Å²) in [6.07, 6.45) is -4.90. The number of nitrogens with two attached hydrogens (primary N) is 5. The van der Waals surface area contributed by atoms with Crippen LogP contribution in [-0.2, 0) is 106 Å². The van der Waals surface area contributed by atoms with Crippen LogP contribution in [0.4, 0.5) is 0 Å². The van der Waals surface area contributed by atoms with Gasteiger partial charge in [-0.05, 0) is 125 Å². The van der Waals surface area contributed by atoms with E-state index in [1.54, 1.807) is 86.6 Å². The summed E-state index contributed by atoms with van der Waals surface area (Å²) >= 11 is 9.15. The number of aromatic amines is 1. The van der Waals surface area contributed by atoms with Crippen molar-refractivity contribution in [3.63, 3.8) is 0 Å². The summed E-state index contributed by atoms with van der Waals surface area (Å²) in [4.78, 5) is 251. The molecule has 0 saturated heterocycles. The Kier molecular flexibility index (Phi) is 38.3. The van der Waals surface area contributed by atoms with E-state index in [4.69, 9.17) is 46.0 Å². The summed E-state index contributed by atoms with van der Waals surface area (Å²) in [5, 5.41) is 46.1. The van der Waals surface area contributed by atoms with Gasteiger partial charge in [-0.3, -0.25) is 86.3 Å². The molecule has 0 aliphatic rings. The number of benzene rings is 4. The van der Waals surface area contributed by atoms with Gasteiger partial charge in [-0.25, -0.2) is 0 Å². The van der Waals surface area contributed by atoms with Crippen molar-refractivity contribution in [2.45, 2.75) is 234 Å². The molecular formula is C82H115N19O20S2. The highest BCUT2D eigenvalue weighted by molar-refractivity contribution is 7.82. The quantitative estimate of drug-likeness (QED) is 0.0137. The molecule has 0 radical (unpaired) electrons. The molecule has 41 heteroatoms. The number of primary amides is 5. The van der Waals surface area contributed by atoms with E-state index in [9.17, 15) is 62.6 Å². The number of hydrogen-bond donors (Lipinski definition) is 22. The lowest BCUT2D eigenvalue weighted by molar-refractivity contribution is -0.139. The first-order valence-electron chi connectivity index (χ1n) is 39.6. The first-order valence-corrected chi connectivity index (χ1v) is 40.5. The molecule has 5 rings (SSSR count). The fraction of sp³-hybridized carbons (Fsp3) is 0.488. The van der Waals surface area contributed by atoms with Gasteiger partial charge >= 0.3 is 0 Å². The fourth-order valence-electron chi connectivity index (χ4n) is 13.3. The van der Waals surface area contributed by atoms with Crippen LogP contribution in [0.3, 0.4) is 0 Å². The summed E-state index contributed by atoms with van der Waals surface area (Å²) < 4.78 is 2.53. The highest BCUT2D eigenvalue weighted by Crippen LogP contribution is 2.26. The average Bonchev–Trinajstić information content (AvgIpc) is 1.77. The number of carbonyl (C=O) groups excluding carboxylic acids is 18. The third-order valence-electron chi connectivity index (χ3n) is 19.6. The van der Waals surface area contributed by atoms with E-state index in [-0.39, 0.29) is 57.4 Å². The number of aliphatic hydroxyl groups excluding tert-OH is 1. The number of fused-ring (bicyclic) bond motifs is 2. The van der Waals surface area contributed by atoms with E-state index in [2.05, 4.69) is 86.7 Å². The Balaban J connectivity index is 1.56. The fourth-order valence-corrected chi connectivity index (χ4v) is 13.7. The number of methoxy groups -OCH3 is 1. The molecule has 123 heavy (non-hydrogen) atoms. The van der Waals surface area contributed by atoms with Crippen LogP contribution in [0.5, 0.6) is 5.75 Å². The van der Waals surface area contributed by atoms with Crippen molar-refractivity contribution in [1.82, 2.24) is 74.1 Å². The van der Waals surface area contributed by atoms with Crippen molar-refractivity contribution in [1.29, 1.82) is 0 Å². The second-order valence-electron chi connectivity index (χ2n) is 31.9. The molecule has 4 aromatic carbocycles. The first-order chi connectivity index (χ1) is 57.5. The van der Waals surface area contributed by atoms with Crippen molar-refractivity contribution in [2.24, 2.45) is 34.6 Å². The van der Waals surface area contributed by atoms with Crippen LogP contribution in [0.25, 0.3) is 21.7 Å². The molecule has 0 unspecified atom stereocenters. The van der Waals surface area contributed by atoms with Gasteiger partial charge in [0.1, 0.15) is 77.7 Å². The minimum atomic E-state index is -2.00.